The molecule has 3 heteroatoms. The third-order valence-corrected chi connectivity index (χ3v) is 2.97. The maximum absolute atomic E-state index is 12.9. The molecule has 1 aromatic carbocycles. The van der Waals surface area contributed by atoms with Gasteiger partial charge in [-0.05, 0) is 30.9 Å². The van der Waals surface area contributed by atoms with Gasteiger partial charge in [-0.3, -0.25) is 0 Å². The van der Waals surface area contributed by atoms with Crippen LogP contribution in [0, 0.1) is 11.7 Å². The van der Waals surface area contributed by atoms with E-state index in [-0.39, 0.29) is 5.82 Å². The van der Waals surface area contributed by atoms with E-state index in [0.717, 1.165) is 18.2 Å². The monoisotopic (exact) mass is 209 g/mol. The van der Waals surface area contributed by atoms with Gasteiger partial charge in [0.05, 0.1) is 12.8 Å². The molecule has 1 aliphatic carbocycles. The van der Waals surface area contributed by atoms with Crippen LogP contribution >= 0.6 is 0 Å². The van der Waals surface area contributed by atoms with E-state index in [4.69, 9.17) is 4.74 Å². The molecule has 0 bridgehead atoms. The Morgan fingerprint density at radius 1 is 1.47 bits per heavy atom. The van der Waals surface area contributed by atoms with E-state index in [1.807, 2.05) is 0 Å². The van der Waals surface area contributed by atoms with Gasteiger partial charge in [-0.15, -0.1) is 0 Å². The van der Waals surface area contributed by atoms with Crippen molar-refractivity contribution < 1.29 is 9.13 Å². The number of nitrogens with one attached hydrogen (secondary N) is 1. The van der Waals surface area contributed by atoms with Crippen molar-refractivity contribution in [3.8, 4) is 5.75 Å². The van der Waals surface area contributed by atoms with Crippen molar-refractivity contribution in [3.05, 3.63) is 24.0 Å². The number of methoxy groups -OCH3 is 1. The van der Waals surface area contributed by atoms with Gasteiger partial charge in [0.15, 0.2) is 0 Å². The fraction of sp³-hybridized carbons (Fsp3) is 0.500. The quantitative estimate of drug-likeness (QED) is 0.823. The summed E-state index contributed by atoms with van der Waals surface area (Å²) in [6.45, 7) is 0.960. The Bertz CT molecular complexity index is 336. The van der Waals surface area contributed by atoms with E-state index in [1.165, 1.54) is 31.4 Å². The lowest BCUT2D eigenvalue weighted by Crippen LogP contribution is -2.21. The summed E-state index contributed by atoms with van der Waals surface area (Å²) in [5, 5.41) is 3.30. The summed E-state index contributed by atoms with van der Waals surface area (Å²) in [6.07, 6.45) is 3.94. The Morgan fingerprint density at radius 3 is 2.87 bits per heavy atom. The topological polar surface area (TPSA) is 21.3 Å². The molecule has 1 aliphatic rings. The lowest BCUT2D eigenvalue weighted by molar-refractivity contribution is 0.332. The number of benzene rings is 1. The molecule has 0 aromatic heterocycles. The average Bonchev–Trinajstić information content (AvgIpc) is 2.17. The van der Waals surface area contributed by atoms with Crippen LogP contribution in [0.2, 0.25) is 0 Å². The van der Waals surface area contributed by atoms with Crippen LogP contribution in [0.25, 0.3) is 0 Å². The second-order valence-electron chi connectivity index (χ2n) is 4.02. The zero-order valence-corrected chi connectivity index (χ0v) is 8.92. The predicted molar refractivity (Wildman–Crippen MR) is 58.8 cm³/mol. The summed E-state index contributed by atoms with van der Waals surface area (Å²) in [4.78, 5) is 0. The fourth-order valence-electron chi connectivity index (χ4n) is 1.76. The molecular weight excluding hydrogens is 193 g/mol. The first kappa shape index (κ1) is 10.3. The van der Waals surface area contributed by atoms with Gasteiger partial charge < -0.3 is 10.1 Å². The number of ether oxygens (including phenoxy) is 1. The summed E-state index contributed by atoms with van der Waals surface area (Å²) in [5.41, 5.74) is 0.880. The van der Waals surface area contributed by atoms with Crippen LogP contribution in [-0.4, -0.2) is 13.7 Å². The Balaban J connectivity index is 1.99. The molecule has 0 saturated heterocycles. The summed E-state index contributed by atoms with van der Waals surface area (Å²) in [6, 6.07) is 4.58. The molecule has 0 atom stereocenters. The maximum atomic E-state index is 12.9. The van der Waals surface area contributed by atoms with Gasteiger partial charge in [-0.25, -0.2) is 4.39 Å². The van der Waals surface area contributed by atoms with Crippen molar-refractivity contribution in [1.82, 2.24) is 0 Å². The fourth-order valence-corrected chi connectivity index (χ4v) is 1.76. The van der Waals surface area contributed by atoms with E-state index < -0.39 is 0 Å². The van der Waals surface area contributed by atoms with Crippen LogP contribution in [-0.2, 0) is 0 Å². The maximum Gasteiger partial charge on any atom is 0.144 e. The molecule has 1 aromatic rings. The second-order valence-corrected chi connectivity index (χ2v) is 4.02. The molecule has 0 heterocycles. The van der Waals surface area contributed by atoms with Crippen molar-refractivity contribution in [2.24, 2.45) is 5.92 Å². The molecule has 1 saturated carbocycles. The van der Waals surface area contributed by atoms with Crippen LogP contribution in [0.5, 0.6) is 5.75 Å². The van der Waals surface area contributed by atoms with Crippen LogP contribution in [0.15, 0.2) is 18.2 Å². The van der Waals surface area contributed by atoms with Gasteiger partial charge in [-0.2, -0.15) is 0 Å². The summed E-state index contributed by atoms with van der Waals surface area (Å²) in [5.74, 6) is 1.09. The minimum Gasteiger partial charge on any atom is -0.494 e. The van der Waals surface area contributed by atoms with Gasteiger partial charge in [-0.1, -0.05) is 6.42 Å². The van der Waals surface area contributed by atoms with Crippen LogP contribution in [0.1, 0.15) is 19.3 Å². The lowest BCUT2D eigenvalue weighted by Gasteiger charge is -2.26. The van der Waals surface area contributed by atoms with Gasteiger partial charge in [0.1, 0.15) is 11.6 Å². The highest BCUT2D eigenvalue weighted by atomic mass is 19.1. The summed E-state index contributed by atoms with van der Waals surface area (Å²) >= 11 is 0. The van der Waals surface area contributed by atoms with E-state index in [9.17, 15) is 4.39 Å². The molecule has 0 radical (unpaired) electrons. The Hall–Kier alpha value is -1.25. The van der Waals surface area contributed by atoms with Crippen molar-refractivity contribution in [2.75, 3.05) is 19.0 Å². The zero-order valence-electron chi connectivity index (χ0n) is 8.92. The Morgan fingerprint density at radius 2 is 2.27 bits per heavy atom. The van der Waals surface area contributed by atoms with E-state index in [1.54, 1.807) is 13.2 Å². The Kier molecular flexibility index (Phi) is 3.09. The third kappa shape index (κ3) is 2.41. The van der Waals surface area contributed by atoms with Crippen molar-refractivity contribution in [1.29, 1.82) is 0 Å². The first-order valence-electron chi connectivity index (χ1n) is 5.37. The smallest absolute Gasteiger partial charge is 0.144 e. The highest BCUT2D eigenvalue weighted by Gasteiger charge is 2.17. The van der Waals surface area contributed by atoms with Crippen LogP contribution in [0.3, 0.4) is 0 Å². The first-order chi connectivity index (χ1) is 7.29. The van der Waals surface area contributed by atoms with E-state index in [2.05, 4.69) is 5.32 Å². The van der Waals surface area contributed by atoms with Gasteiger partial charge in [0.25, 0.3) is 0 Å². The summed E-state index contributed by atoms with van der Waals surface area (Å²) in [7, 11) is 1.56. The van der Waals surface area contributed by atoms with Crippen molar-refractivity contribution in [2.45, 2.75) is 19.3 Å². The molecule has 0 aliphatic heterocycles. The van der Waals surface area contributed by atoms with Crippen LogP contribution < -0.4 is 10.1 Å². The molecule has 1 fully saturated rings. The van der Waals surface area contributed by atoms with Gasteiger partial charge in [0, 0.05) is 12.6 Å². The van der Waals surface area contributed by atoms with Crippen molar-refractivity contribution >= 4 is 5.69 Å². The number of halogens is 1. The number of anilines is 1. The number of hydrogen-bond donors (Lipinski definition) is 1. The van der Waals surface area contributed by atoms with E-state index in [0.29, 0.717) is 5.75 Å². The number of hydrogen-bond acceptors (Lipinski definition) is 2. The third-order valence-electron chi connectivity index (χ3n) is 2.97. The molecule has 0 amide bonds. The largest absolute Gasteiger partial charge is 0.494 e. The lowest BCUT2D eigenvalue weighted by atomic mass is 9.85. The van der Waals surface area contributed by atoms with Crippen LogP contribution in [0.4, 0.5) is 10.1 Å². The van der Waals surface area contributed by atoms with Gasteiger partial charge in [0.2, 0.25) is 0 Å². The molecule has 82 valence electrons. The second kappa shape index (κ2) is 4.51. The molecule has 15 heavy (non-hydrogen) atoms. The highest BCUT2D eigenvalue weighted by Crippen LogP contribution is 2.29. The molecular formula is C12H16FNO. The molecule has 0 unspecified atom stereocenters. The SMILES string of the molecule is COc1cc(F)ccc1NCC1CCC1. The minimum absolute atomic E-state index is 0.263. The number of rotatable bonds is 4. The summed E-state index contributed by atoms with van der Waals surface area (Å²) < 4.78 is 18.0. The van der Waals surface area contributed by atoms with Crippen molar-refractivity contribution in [3.63, 3.8) is 0 Å². The molecule has 2 rings (SSSR count). The normalized spacial score (nSPS) is 15.9. The molecule has 2 nitrogen and oxygen atoms in total. The first-order valence-corrected chi connectivity index (χ1v) is 5.37. The molecule has 0 spiro atoms. The molecule has 1 N–H and O–H groups in total. The Labute approximate surface area is 89.4 Å². The highest BCUT2D eigenvalue weighted by molar-refractivity contribution is 5.56. The minimum atomic E-state index is -0.263. The van der Waals surface area contributed by atoms with E-state index >= 15 is 0 Å². The standard InChI is InChI=1S/C12H16FNO/c1-15-12-7-10(13)5-6-11(12)14-8-9-3-2-4-9/h5-7,9,14H,2-4,8H2,1H3. The zero-order chi connectivity index (χ0) is 10.7. The van der Waals surface area contributed by atoms with Gasteiger partial charge >= 0.3 is 0 Å². The average molecular weight is 209 g/mol. The predicted octanol–water partition coefficient (Wildman–Crippen LogP) is 3.05.